The average molecular weight is 314 g/mol. The van der Waals surface area contributed by atoms with E-state index in [0.29, 0.717) is 11.1 Å². The zero-order valence-electron chi connectivity index (χ0n) is 10.3. The van der Waals surface area contributed by atoms with E-state index in [4.69, 9.17) is 4.74 Å². The van der Waals surface area contributed by atoms with Crippen LogP contribution in [0, 0.1) is 0 Å². The number of hydrogen-bond donors (Lipinski definition) is 1. The highest BCUT2D eigenvalue weighted by molar-refractivity contribution is 9.10. The topological polar surface area (TPSA) is 56.1 Å². The molecule has 0 spiro atoms. The van der Waals surface area contributed by atoms with Crippen LogP contribution in [0.25, 0.3) is 0 Å². The molecular weight excluding hydrogens is 298 g/mol. The zero-order valence-corrected chi connectivity index (χ0v) is 11.9. The molecule has 0 unspecified atom stereocenters. The summed E-state index contributed by atoms with van der Waals surface area (Å²) in [4.78, 5) is 11.6. The lowest BCUT2D eigenvalue weighted by atomic mass is 10.1. The highest BCUT2D eigenvalue weighted by atomic mass is 79.9. The van der Waals surface area contributed by atoms with Gasteiger partial charge in [-0.15, -0.1) is 0 Å². The van der Waals surface area contributed by atoms with Gasteiger partial charge in [-0.25, -0.2) is 4.68 Å². The van der Waals surface area contributed by atoms with Crippen LogP contribution in [0.15, 0.2) is 27.1 Å². The molecule has 0 amide bonds. The third-order valence-corrected chi connectivity index (χ3v) is 3.66. The fraction of sp³-hybridized carbons (Fsp3) is 0.500. The highest BCUT2D eigenvalue weighted by Crippen LogP contribution is 2.17. The van der Waals surface area contributed by atoms with Crippen LogP contribution in [-0.2, 0) is 11.8 Å². The van der Waals surface area contributed by atoms with Crippen molar-refractivity contribution >= 4 is 21.6 Å². The van der Waals surface area contributed by atoms with E-state index in [1.54, 1.807) is 13.2 Å². The predicted octanol–water partition coefficient (Wildman–Crippen LogP) is 1.69. The van der Waals surface area contributed by atoms with E-state index in [-0.39, 0.29) is 5.56 Å². The van der Waals surface area contributed by atoms with E-state index < -0.39 is 0 Å². The quantitative estimate of drug-likeness (QED) is 0.860. The Morgan fingerprint density at radius 3 is 3.17 bits per heavy atom. The van der Waals surface area contributed by atoms with Crippen LogP contribution >= 0.6 is 15.9 Å². The second kappa shape index (κ2) is 6.15. The van der Waals surface area contributed by atoms with Gasteiger partial charge in [0.05, 0.1) is 25.1 Å². The van der Waals surface area contributed by atoms with E-state index in [1.807, 2.05) is 0 Å². The Kier molecular flexibility index (Phi) is 4.54. The van der Waals surface area contributed by atoms with Crippen molar-refractivity contribution in [3.8, 4) is 0 Å². The van der Waals surface area contributed by atoms with Gasteiger partial charge in [-0.3, -0.25) is 4.79 Å². The predicted molar refractivity (Wildman–Crippen MR) is 73.8 cm³/mol. The SMILES string of the molecule is Cn1ncc(NCCC2=CCOCC2)c(Br)c1=O. The number of hydrogen-bond acceptors (Lipinski definition) is 4. The van der Waals surface area contributed by atoms with Gasteiger partial charge in [0, 0.05) is 13.6 Å². The molecule has 2 heterocycles. The molecule has 1 N–H and O–H groups in total. The number of ether oxygens (including phenoxy) is 1. The van der Waals surface area contributed by atoms with Gasteiger partial charge in [-0.1, -0.05) is 11.6 Å². The first-order chi connectivity index (χ1) is 8.68. The second-order valence-electron chi connectivity index (χ2n) is 4.17. The van der Waals surface area contributed by atoms with Gasteiger partial charge >= 0.3 is 0 Å². The Balaban J connectivity index is 1.92. The van der Waals surface area contributed by atoms with Crippen LogP contribution in [0.1, 0.15) is 12.8 Å². The fourth-order valence-electron chi connectivity index (χ4n) is 1.78. The third-order valence-electron chi connectivity index (χ3n) is 2.90. The molecule has 2 rings (SSSR count). The Bertz CT molecular complexity index is 511. The first-order valence-electron chi connectivity index (χ1n) is 5.90. The smallest absolute Gasteiger partial charge is 0.282 e. The number of halogens is 1. The third kappa shape index (κ3) is 3.20. The maximum Gasteiger partial charge on any atom is 0.282 e. The van der Waals surface area contributed by atoms with E-state index in [2.05, 4.69) is 32.4 Å². The molecule has 0 bridgehead atoms. The number of aryl methyl sites for hydroxylation is 1. The zero-order chi connectivity index (χ0) is 13.0. The Morgan fingerprint density at radius 1 is 1.61 bits per heavy atom. The standard InChI is InChI=1S/C12H16BrN3O2/c1-16-12(17)11(13)10(8-15-16)14-5-2-9-3-6-18-7-4-9/h3,8,14H,2,4-7H2,1H3. The molecule has 1 aliphatic rings. The fourth-order valence-corrected chi connectivity index (χ4v) is 2.28. The van der Waals surface area contributed by atoms with Crippen molar-refractivity contribution in [2.24, 2.45) is 7.05 Å². The van der Waals surface area contributed by atoms with Crippen LogP contribution in [0.2, 0.25) is 0 Å². The molecule has 0 saturated heterocycles. The lowest BCUT2D eigenvalue weighted by molar-refractivity contribution is 0.153. The largest absolute Gasteiger partial charge is 0.382 e. The summed E-state index contributed by atoms with van der Waals surface area (Å²) in [6, 6.07) is 0. The Morgan fingerprint density at radius 2 is 2.44 bits per heavy atom. The summed E-state index contributed by atoms with van der Waals surface area (Å²) in [5, 5.41) is 7.21. The lowest BCUT2D eigenvalue weighted by Gasteiger charge is -2.14. The number of aromatic nitrogens is 2. The van der Waals surface area contributed by atoms with Crippen LogP contribution < -0.4 is 10.9 Å². The summed E-state index contributed by atoms with van der Waals surface area (Å²) < 4.78 is 7.08. The second-order valence-corrected chi connectivity index (χ2v) is 4.96. The molecule has 98 valence electrons. The van der Waals surface area contributed by atoms with Crippen LogP contribution in [0.3, 0.4) is 0 Å². The van der Waals surface area contributed by atoms with Crippen molar-refractivity contribution in [1.82, 2.24) is 9.78 Å². The lowest BCUT2D eigenvalue weighted by Crippen LogP contribution is -2.21. The molecule has 5 nitrogen and oxygen atoms in total. The summed E-state index contributed by atoms with van der Waals surface area (Å²) in [7, 11) is 1.63. The molecule has 0 saturated carbocycles. The molecule has 0 fully saturated rings. The van der Waals surface area contributed by atoms with Gasteiger partial charge in [0.15, 0.2) is 0 Å². The maximum absolute atomic E-state index is 11.6. The van der Waals surface area contributed by atoms with E-state index in [9.17, 15) is 4.79 Å². The first kappa shape index (κ1) is 13.3. The molecule has 0 radical (unpaired) electrons. The minimum Gasteiger partial charge on any atom is -0.382 e. The molecule has 0 aromatic carbocycles. The summed E-state index contributed by atoms with van der Waals surface area (Å²) in [6.45, 7) is 2.31. The summed E-state index contributed by atoms with van der Waals surface area (Å²) in [5.41, 5.74) is 2.01. The molecule has 0 aliphatic carbocycles. The van der Waals surface area contributed by atoms with Crippen molar-refractivity contribution < 1.29 is 4.74 Å². The number of anilines is 1. The summed E-state index contributed by atoms with van der Waals surface area (Å²) in [6.07, 6.45) is 5.75. The van der Waals surface area contributed by atoms with Crippen LogP contribution in [0.4, 0.5) is 5.69 Å². The van der Waals surface area contributed by atoms with Crippen LogP contribution in [-0.4, -0.2) is 29.5 Å². The van der Waals surface area contributed by atoms with Crippen molar-refractivity contribution in [3.63, 3.8) is 0 Å². The number of nitrogens with one attached hydrogen (secondary N) is 1. The van der Waals surface area contributed by atoms with Crippen molar-refractivity contribution in [3.05, 3.63) is 32.7 Å². The molecule has 0 atom stereocenters. The molecule has 1 aliphatic heterocycles. The summed E-state index contributed by atoms with van der Waals surface area (Å²) >= 11 is 3.29. The van der Waals surface area contributed by atoms with Crippen LogP contribution in [0.5, 0.6) is 0 Å². The highest BCUT2D eigenvalue weighted by Gasteiger charge is 2.07. The van der Waals surface area contributed by atoms with Gasteiger partial charge in [0.2, 0.25) is 0 Å². The monoisotopic (exact) mass is 313 g/mol. The van der Waals surface area contributed by atoms with Gasteiger partial charge in [0.25, 0.3) is 5.56 Å². The minimum absolute atomic E-state index is 0.134. The van der Waals surface area contributed by atoms with Gasteiger partial charge in [-0.05, 0) is 28.8 Å². The van der Waals surface area contributed by atoms with E-state index in [0.717, 1.165) is 31.7 Å². The Labute approximate surface area is 114 Å². The van der Waals surface area contributed by atoms with Gasteiger partial charge in [0.1, 0.15) is 4.47 Å². The molecule has 1 aromatic heterocycles. The first-order valence-corrected chi connectivity index (χ1v) is 6.69. The van der Waals surface area contributed by atoms with Gasteiger partial charge < -0.3 is 10.1 Å². The van der Waals surface area contributed by atoms with Crippen molar-refractivity contribution in [2.75, 3.05) is 25.1 Å². The van der Waals surface area contributed by atoms with E-state index >= 15 is 0 Å². The number of nitrogens with zero attached hydrogens (tertiary/aromatic N) is 2. The molecule has 1 aromatic rings. The van der Waals surface area contributed by atoms with Crippen molar-refractivity contribution in [2.45, 2.75) is 12.8 Å². The van der Waals surface area contributed by atoms with Crippen molar-refractivity contribution in [1.29, 1.82) is 0 Å². The average Bonchev–Trinajstić information content (AvgIpc) is 2.40. The number of rotatable bonds is 4. The molecule has 6 heteroatoms. The van der Waals surface area contributed by atoms with E-state index in [1.165, 1.54) is 10.3 Å². The van der Waals surface area contributed by atoms with Gasteiger partial charge in [-0.2, -0.15) is 5.10 Å². The minimum atomic E-state index is -0.134. The molecule has 18 heavy (non-hydrogen) atoms. The molecular formula is C12H16BrN3O2. The Hall–Kier alpha value is -1.14. The maximum atomic E-state index is 11.6. The summed E-state index contributed by atoms with van der Waals surface area (Å²) in [5.74, 6) is 0. The normalized spacial score (nSPS) is 15.3.